The molecule has 0 bridgehead atoms. The van der Waals surface area contributed by atoms with Crippen molar-refractivity contribution in [2.75, 3.05) is 0 Å². The topological polar surface area (TPSA) is 79.2 Å². The minimum absolute atomic E-state index is 0.0806. The number of phenols is 1. The number of rotatable bonds is 7. The number of amides is 1. The smallest absolute Gasteiger partial charge is 0.338 e. The van der Waals surface area contributed by atoms with Crippen molar-refractivity contribution in [1.82, 2.24) is 4.90 Å². The third-order valence-electron chi connectivity index (χ3n) is 7.82. The Balaban J connectivity index is 1.80. The number of aliphatic imine (C=N–C) groups is 1. The van der Waals surface area contributed by atoms with E-state index < -0.39 is 5.66 Å². The predicted octanol–water partition coefficient (Wildman–Crippen LogP) is 7.31. The first-order valence-corrected chi connectivity index (χ1v) is 14.3. The number of benzene rings is 2. The maximum absolute atomic E-state index is 14.4. The molecule has 6 heteroatoms. The molecule has 6 nitrogen and oxygen atoms in total. The second-order valence-electron chi connectivity index (χ2n) is 13.2. The van der Waals surface area contributed by atoms with E-state index in [1.54, 1.807) is 30.3 Å². The van der Waals surface area contributed by atoms with Gasteiger partial charge in [-0.15, -0.1) is 0 Å². The largest absolute Gasteiger partial charge is 0.508 e. The van der Waals surface area contributed by atoms with E-state index in [1.807, 2.05) is 36.9 Å². The maximum atomic E-state index is 14.4. The van der Waals surface area contributed by atoms with Gasteiger partial charge in [0.25, 0.3) is 5.91 Å². The summed E-state index contributed by atoms with van der Waals surface area (Å²) >= 11 is 0. The zero-order chi connectivity index (χ0) is 28.5. The van der Waals surface area contributed by atoms with Crippen molar-refractivity contribution in [1.29, 1.82) is 0 Å². The monoisotopic (exact) mass is 532 g/mol. The van der Waals surface area contributed by atoms with Gasteiger partial charge in [0.15, 0.2) is 0 Å². The quantitative estimate of drug-likeness (QED) is 0.379. The van der Waals surface area contributed by atoms with Gasteiger partial charge >= 0.3 is 5.97 Å². The minimum atomic E-state index is -0.646. The first-order chi connectivity index (χ1) is 18.3. The number of carbonyl (C=O) groups excluding carboxylic acids is 2. The normalized spacial score (nSPS) is 24.3. The highest BCUT2D eigenvalue weighted by atomic mass is 16.5. The van der Waals surface area contributed by atoms with Crippen LogP contribution in [0.25, 0.3) is 0 Å². The van der Waals surface area contributed by atoms with Crippen LogP contribution in [0.2, 0.25) is 0 Å². The molecule has 0 aromatic heterocycles. The summed E-state index contributed by atoms with van der Waals surface area (Å²) in [6, 6.07) is 14.2. The molecule has 1 saturated carbocycles. The molecule has 2 unspecified atom stereocenters. The molecule has 1 amide bonds. The summed E-state index contributed by atoms with van der Waals surface area (Å²) in [7, 11) is 0. The lowest BCUT2D eigenvalue weighted by atomic mass is 9.75. The van der Waals surface area contributed by atoms with Crippen molar-refractivity contribution in [2.45, 2.75) is 98.4 Å². The lowest BCUT2D eigenvalue weighted by molar-refractivity contribution is -0.134. The molecule has 2 aliphatic rings. The number of phenolic OH excluding ortho intramolecular Hbond substituents is 1. The summed E-state index contributed by atoms with van der Waals surface area (Å²) in [6.07, 6.45) is 4.22. The van der Waals surface area contributed by atoms with E-state index in [-0.39, 0.29) is 35.2 Å². The average molecular weight is 533 g/mol. The molecular weight excluding hydrogens is 488 g/mol. The fraction of sp³-hybridized carbons (Fsp3) is 0.545. The fourth-order valence-electron chi connectivity index (χ4n) is 6.36. The zero-order valence-corrected chi connectivity index (χ0v) is 24.5. The van der Waals surface area contributed by atoms with E-state index in [0.717, 1.165) is 37.7 Å². The first kappa shape index (κ1) is 28.8. The van der Waals surface area contributed by atoms with Crippen LogP contribution in [0.4, 0.5) is 0 Å². The number of ether oxygens (including phenoxy) is 1. The standard InChI is InChI=1S/C33H44N2O4/c1-21(2)39-31(38)25-13-11-24(12-14-25)28(15-16-32(5,6)7)35-30(37)29(26-9-8-10-27(36)18-26)34-33(35)19-22(3)17-23(4)20-33/h8-14,18,21-23,28,36H,15-17,19-20H2,1-7H3/t22?,23?,28-,33?/m1/s1. The third-order valence-corrected chi connectivity index (χ3v) is 7.82. The number of hydrogen-bond acceptors (Lipinski definition) is 5. The zero-order valence-electron chi connectivity index (χ0n) is 24.5. The molecule has 2 aromatic carbocycles. The summed E-state index contributed by atoms with van der Waals surface area (Å²) < 4.78 is 5.39. The molecule has 210 valence electrons. The van der Waals surface area contributed by atoms with E-state index in [0.29, 0.717) is 28.7 Å². The summed E-state index contributed by atoms with van der Waals surface area (Å²) in [5.74, 6) is 0.527. The van der Waals surface area contributed by atoms with E-state index in [2.05, 4.69) is 34.6 Å². The Morgan fingerprint density at radius 1 is 1.10 bits per heavy atom. The number of hydrogen-bond donors (Lipinski definition) is 1. The van der Waals surface area contributed by atoms with Gasteiger partial charge in [-0.2, -0.15) is 0 Å². The molecule has 0 radical (unpaired) electrons. The van der Waals surface area contributed by atoms with Crippen LogP contribution in [0.15, 0.2) is 53.5 Å². The molecule has 1 N–H and O–H groups in total. The van der Waals surface area contributed by atoms with Crippen LogP contribution in [0.1, 0.15) is 108 Å². The maximum Gasteiger partial charge on any atom is 0.338 e. The van der Waals surface area contributed by atoms with Crippen LogP contribution in [0.5, 0.6) is 5.75 Å². The Morgan fingerprint density at radius 3 is 2.31 bits per heavy atom. The number of nitrogens with zero attached hydrogens (tertiary/aromatic N) is 2. The first-order valence-electron chi connectivity index (χ1n) is 14.3. The van der Waals surface area contributed by atoms with Crippen molar-refractivity contribution < 1.29 is 19.4 Å². The van der Waals surface area contributed by atoms with Gasteiger partial charge in [-0.05, 0) is 93.0 Å². The average Bonchev–Trinajstić information content (AvgIpc) is 3.09. The molecule has 1 spiro atoms. The van der Waals surface area contributed by atoms with Crippen molar-refractivity contribution in [3.63, 3.8) is 0 Å². The lowest BCUT2D eigenvalue weighted by Crippen LogP contribution is -2.52. The summed E-state index contributed by atoms with van der Waals surface area (Å²) in [6.45, 7) is 14.8. The van der Waals surface area contributed by atoms with Gasteiger partial charge in [-0.1, -0.05) is 58.9 Å². The molecule has 1 fully saturated rings. The molecule has 4 rings (SSSR count). The number of carbonyl (C=O) groups is 2. The van der Waals surface area contributed by atoms with Gasteiger partial charge in [0.05, 0.1) is 17.7 Å². The highest BCUT2D eigenvalue weighted by Crippen LogP contribution is 2.49. The number of esters is 1. The third kappa shape index (κ3) is 6.54. The van der Waals surface area contributed by atoms with Crippen molar-refractivity contribution in [2.24, 2.45) is 22.2 Å². The van der Waals surface area contributed by atoms with E-state index >= 15 is 0 Å². The van der Waals surface area contributed by atoms with Gasteiger partial charge in [0, 0.05) is 5.56 Å². The van der Waals surface area contributed by atoms with Gasteiger partial charge in [-0.25, -0.2) is 4.79 Å². The second kappa shape index (κ2) is 11.1. The Hall–Kier alpha value is -3.15. The Kier molecular flexibility index (Phi) is 8.25. The summed E-state index contributed by atoms with van der Waals surface area (Å²) in [5, 5.41) is 10.2. The van der Waals surface area contributed by atoms with Crippen molar-refractivity contribution in [3.8, 4) is 5.75 Å². The summed E-state index contributed by atoms with van der Waals surface area (Å²) in [4.78, 5) is 34.2. The highest BCUT2D eigenvalue weighted by Gasteiger charge is 2.53. The molecule has 39 heavy (non-hydrogen) atoms. The van der Waals surface area contributed by atoms with Crippen LogP contribution >= 0.6 is 0 Å². The molecule has 0 saturated heterocycles. The van der Waals surface area contributed by atoms with Crippen LogP contribution in [0.3, 0.4) is 0 Å². The minimum Gasteiger partial charge on any atom is -0.508 e. The molecule has 2 aromatic rings. The van der Waals surface area contributed by atoms with Crippen LogP contribution < -0.4 is 0 Å². The Bertz CT molecular complexity index is 1220. The van der Waals surface area contributed by atoms with Gasteiger partial charge in [0.2, 0.25) is 0 Å². The Labute approximate surface area is 233 Å². The SMILES string of the molecule is CC1CC(C)CC2(C1)N=C(c1cccc(O)c1)C(=O)N2[C@H](CCC(C)(C)C)c1ccc(C(=O)OC(C)C)cc1. The van der Waals surface area contributed by atoms with E-state index in [4.69, 9.17) is 9.73 Å². The van der Waals surface area contributed by atoms with Gasteiger partial charge in [-0.3, -0.25) is 9.79 Å². The lowest BCUT2D eigenvalue weighted by Gasteiger charge is -2.47. The molecule has 1 aliphatic heterocycles. The van der Waals surface area contributed by atoms with E-state index in [1.165, 1.54) is 0 Å². The van der Waals surface area contributed by atoms with Crippen molar-refractivity contribution in [3.05, 3.63) is 65.2 Å². The predicted molar refractivity (Wildman–Crippen MR) is 155 cm³/mol. The molecule has 1 aliphatic carbocycles. The second-order valence-corrected chi connectivity index (χ2v) is 13.2. The molecule has 1 heterocycles. The van der Waals surface area contributed by atoms with E-state index in [9.17, 15) is 14.7 Å². The van der Waals surface area contributed by atoms with Crippen LogP contribution in [-0.2, 0) is 9.53 Å². The Morgan fingerprint density at radius 2 is 1.74 bits per heavy atom. The van der Waals surface area contributed by atoms with Crippen LogP contribution in [0, 0.1) is 17.3 Å². The number of aromatic hydroxyl groups is 1. The highest BCUT2D eigenvalue weighted by molar-refractivity contribution is 6.46. The van der Waals surface area contributed by atoms with Crippen molar-refractivity contribution >= 4 is 17.6 Å². The van der Waals surface area contributed by atoms with Crippen LogP contribution in [-0.4, -0.2) is 39.4 Å². The summed E-state index contributed by atoms with van der Waals surface area (Å²) in [5.41, 5.74) is 2.00. The molecule has 3 atom stereocenters. The van der Waals surface area contributed by atoms with Gasteiger partial charge in [0.1, 0.15) is 17.1 Å². The fourth-order valence-corrected chi connectivity index (χ4v) is 6.36. The van der Waals surface area contributed by atoms with Gasteiger partial charge < -0.3 is 14.7 Å². The molecular formula is C33H44N2O4.